The predicted molar refractivity (Wildman–Crippen MR) is 78.7 cm³/mol. The average molecular weight is 270 g/mol. The molecule has 0 aliphatic heterocycles. The van der Waals surface area contributed by atoms with Gasteiger partial charge in [0, 0.05) is 11.1 Å². The molecule has 0 spiro atoms. The first kappa shape index (κ1) is 15.3. The van der Waals surface area contributed by atoms with Crippen LogP contribution < -0.4 is 10.1 Å². The van der Waals surface area contributed by atoms with E-state index in [0.29, 0.717) is 17.9 Å². The van der Waals surface area contributed by atoms with Crippen LogP contribution in [0.1, 0.15) is 39.2 Å². The van der Waals surface area contributed by atoms with Gasteiger partial charge in [-0.2, -0.15) is 0 Å². The summed E-state index contributed by atoms with van der Waals surface area (Å²) >= 11 is 6.08. The SMILES string of the molecule is COc1ccc(Cl)cc1C(C)C(C)CNC(C)C. The van der Waals surface area contributed by atoms with Gasteiger partial charge in [-0.25, -0.2) is 0 Å². The van der Waals surface area contributed by atoms with E-state index in [1.54, 1.807) is 7.11 Å². The van der Waals surface area contributed by atoms with E-state index in [4.69, 9.17) is 16.3 Å². The van der Waals surface area contributed by atoms with E-state index in [2.05, 4.69) is 33.0 Å². The Labute approximate surface area is 116 Å². The topological polar surface area (TPSA) is 21.3 Å². The van der Waals surface area contributed by atoms with Crippen molar-refractivity contribution >= 4 is 11.6 Å². The first-order chi connectivity index (χ1) is 8.45. The van der Waals surface area contributed by atoms with Crippen LogP contribution in [0.5, 0.6) is 5.75 Å². The average Bonchev–Trinajstić information content (AvgIpc) is 2.34. The van der Waals surface area contributed by atoms with Gasteiger partial charge in [-0.05, 0) is 42.1 Å². The van der Waals surface area contributed by atoms with Gasteiger partial charge in [-0.1, -0.05) is 39.3 Å². The highest BCUT2D eigenvalue weighted by Crippen LogP contribution is 2.33. The lowest BCUT2D eigenvalue weighted by atomic mass is 9.88. The summed E-state index contributed by atoms with van der Waals surface area (Å²) in [5.41, 5.74) is 1.18. The van der Waals surface area contributed by atoms with Gasteiger partial charge in [0.2, 0.25) is 0 Å². The molecule has 1 rings (SSSR count). The van der Waals surface area contributed by atoms with Crippen LogP contribution in [0.4, 0.5) is 0 Å². The first-order valence-corrected chi connectivity index (χ1v) is 6.90. The molecular formula is C15H24ClNO. The molecule has 102 valence electrons. The smallest absolute Gasteiger partial charge is 0.122 e. The van der Waals surface area contributed by atoms with Crippen LogP contribution in [0.3, 0.4) is 0 Å². The summed E-state index contributed by atoms with van der Waals surface area (Å²) in [6.07, 6.45) is 0. The zero-order valence-electron chi connectivity index (χ0n) is 12.0. The van der Waals surface area contributed by atoms with E-state index in [1.165, 1.54) is 5.56 Å². The minimum absolute atomic E-state index is 0.407. The third kappa shape index (κ3) is 4.18. The Bertz CT molecular complexity index is 379. The molecule has 0 aliphatic carbocycles. The van der Waals surface area contributed by atoms with E-state index in [1.807, 2.05) is 18.2 Å². The number of methoxy groups -OCH3 is 1. The second-order valence-corrected chi connectivity index (χ2v) is 5.65. The van der Waals surface area contributed by atoms with Crippen LogP contribution >= 0.6 is 11.6 Å². The molecule has 1 aromatic rings. The van der Waals surface area contributed by atoms with Crippen LogP contribution in [0.25, 0.3) is 0 Å². The van der Waals surface area contributed by atoms with Gasteiger partial charge >= 0.3 is 0 Å². The molecule has 0 fully saturated rings. The van der Waals surface area contributed by atoms with Crippen molar-refractivity contribution in [1.82, 2.24) is 5.32 Å². The molecule has 0 aromatic heterocycles. The Morgan fingerprint density at radius 1 is 1.22 bits per heavy atom. The lowest BCUT2D eigenvalue weighted by Crippen LogP contribution is -2.30. The molecule has 3 heteroatoms. The minimum Gasteiger partial charge on any atom is -0.496 e. The largest absolute Gasteiger partial charge is 0.496 e. The summed E-state index contributed by atoms with van der Waals surface area (Å²) in [6, 6.07) is 6.34. The van der Waals surface area contributed by atoms with E-state index in [9.17, 15) is 0 Å². The molecular weight excluding hydrogens is 246 g/mol. The summed E-state index contributed by atoms with van der Waals surface area (Å²) in [7, 11) is 1.70. The molecule has 1 N–H and O–H groups in total. The van der Waals surface area contributed by atoms with Crippen molar-refractivity contribution in [3.63, 3.8) is 0 Å². The number of ether oxygens (including phenoxy) is 1. The maximum absolute atomic E-state index is 6.08. The Morgan fingerprint density at radius 2 is 1.89 bits per heavy atom. The standard InChI is InChI=1S/C15H24ClNO/c1-10(2)17-9-11(3)12(4)14-8-13(16)6-7-15(14)18-5/h6-8,10-12,17H,9H2,1-5H3. The van der Waals surface area contributed by atoms with Crippen molar-refractivity contribution in [3.8, 4) is 5.75 Å². The molecule has 0 radical (unpaired) electrons. The molecule has 2 unspecified atom stereocenters. The molecule has 0 saturated carbocycles. The normalized spacial score (nSPS) is 14.6. The van der Waals surface area contributed by atoms with Crippen molar-refractivity contribution in [2.75, 3.05) is 13.7 Å². The van der Waals surface area contributed by atoms with Crippen LogP contribution in [0, 0.1) is 5.92 Å². The number of rotatable bonds is 6. The van der Waals surface area contributed by atoms with E-state index >= 15 is 0 Å². The van der Waals surface area contributed by atoms with Crippen molar-refractivity contribution in [1.29, 1.82) is 0 Å². The maximum Gasteiger partial charge on any atom is 0.122 e. The Balaban J connectivity index is 2.81. The number of hydrogen-bond donors (Lipinski definition) is 1. The molecule has 0 saturated heterocycles. The second-order valence-electron chi connectivity index (χ2n) is 5.22. The van der Waals surface area contributed by atoms with Crippen molar-refractivity contribution in [2.45, 2.75) is 39.7 Å². The van der Waals surface area contributed by atoms with Crippen molar-refractivity contribution in [3.05, 3.63) is 28.8 Å². The quantitative estimate of drug-likeness (QED) is 0.840. The molecule has 0 amide bonds. The van der Waals surface area contributed by atoms with Gasteiger partial charge in [0.05, 0.1) is 7.11 Å². The van der Waals surface area contributed by atoms with Crippen LogP contribution in [0.2, 0.25) is 5.02 Å². The fourth-order valence-corrected chi connectivity index (χ4v) is 2.15. The fraction of sp³-hybridized carbons (Fsp3) is 0.600. The Morgan fingerprint density at radius 3 is 2.44 bits per heavy atom. The van der Waals surface area contributed by atoms with Gasteiger partial charge < -0.3 is 10.1 Å². The number of halogens is 1. The molecule has 0 aliphatic rings. The summed E-state index contributed by atoms with van der Waals surface area (Å²) in [4.78, 5) is 0. The monoisotopic (exact) mass is 269 g/mol. The maximum atomic E-state index is 6.08. The molecule has 2 nitrogen and oxygen atoms in total. The summed E-state index contributed by atoms with van der Waals surface area (Å²) < 4.78 is 5.42. The second kappa shape index (κ2) is 7.01. The van der Waals surface area contributed by atoms with Gasteiger partial charge in [0.15, 0.2) is 0 Å². The Hall–Kier alpha value is -0.730. The molecule has 1 aromatic carbocycles. The summed E-state index contributed by atoms with van der Waals surface area (Å²) in [5, 5.41) is 4.24. The lowest BCUT2D eigenvalue weighted by Gasteiger charge is -2.23. The lowest BCUT2D eigenvalue weighted by molar-refractivity contribution is 0.385. The number of nitrogens with one attached hydrogen (secondary N) is 1. The highest BCUT2D eigenvalue weighted by Gasteiger charge is 2.18. The predicted octanol–water partition coefficient (Wildman–Crippen LogP) is 4.09. The van der Waals surface area contributed by atoms with Crippen molar-refractivity contribution < 1.29 is 4.74 Å². The third-order valence-electron chi connectivity index (χ3n) is 3.38. The summed E-state index contributed by atoms with van der Waals surface area (Å²) in [5.74, 6) is 1.85. The number of benzene rings is 1. The van der Waals surface area contributed by atoms with Crippen molar-refractivity contribution in [2.24, 2.45) is 5.92 Å². The van der Waals surface area contributed by atoms with Gasteiger partial charge in [-0.3, -0.25) is 0 Å². The van der Waals surface area contributed by atoms with Gasteiger partial charge in [0.25, 0.3) is 0 Å². The van der Waals surface area contributed by atoms with E-state index in [0.717, 1.165) is 17.3 Å². The summed E-state index contributed by atoms with van der Waals surface area (Å²) in [6.45, 7) is 9.80. The highest BCUT2D eigenvalue weighted by molar-refractivity contribution is 6.30. The molecule has 0 heterocycles. The van der Waals surface area contributed by atoms with Crippen LogP contribution in [-0.2, 0) is 0 Å². The van der Waals surface area contributed by atoms with E-state index < -0.39 is 0 Å². The van der Waals surface area contributed by atoms with Crippen LogP contribution in [0.15, 0.2) is 18.2 Å². The first-order valence-electron chi connectivity index (χ1n) is 6.52. The molecule has 2 atom stereocenters. The minimum atomic E-state index is 0.407. The van der Waals surface area contributed by atoms with Crippen LogP contribution in [-0.4, -0.2) is 19.7 Å². The van der Waals surface area contributed by atoms with Gasteiger partial charge in [0.1, 0.15) is 5.75 Å². The zero-order chi connectivity index (χ0) is 13.7. The van der Waals surface area contributed by atoms with E-state index in [-0.39, 0.29) is 0 Å². The highest BCUT2D eigenvalue weighted by atomic mass is 35.5. The fourth-order valence-electron chi connectivity index (χ4n) is 1.97. The zero-order valence-corrected chi connectivity index (χ0v) is 12.7. The molecule has 18 heavy (non-hydrogen) atoms. The molecule has 0 bridgehead atoms. The number of hydrogen-bond acceptors (Lipinski definition) is 2. The van der Waals surface area contributed by atoms with Gasteiger partial charge in [-0.15, -0.1) is 0 Å². The third-order valence-corrected chi connectivity index (χ3v) is 3.62. The Kier molecular flexibility index (Phi) is 5.97.